The van der Waals surface area contributed by atoms with Crippen molar-refractivity contribution in [3.8, 4) is 0 Å². The summed E-state index contributed by atoms with van der Waals surface area (Å²) in [4.78, 5) is 48.1. The number of rotatable bonds is 7. The number of non-ortho nitro benzene ring substituents is 1. The number of hydrogen-bond donors (Lipinski definition) is 2. The first-order valence-electron chi connectivity index (χ1n) is 9.69. The van der Waals surface area contributed by atoms with E-state index in [4.69, 9.17) is 0 Å². The van der Waals surface area contributed by atoms with Crippen LogP contribution in [-0.2, 0) is 4.79 Å². The molecule has 0 saturated heterocycles. The molecule has 0 spiro atoms. The molecule has 0 fully saturated rings. The number of Topliss-reactive ketones (excluding diaryl/α,β-unsaturated/α-hetero) is 1. The zero-order valence-electron chi connectivity index (χ0n) is 17.4. The van der Waals surface area contributed by atoms with E-state index in [1.807, 2.05) is 0 Å². The Labute approximate surface area is 197 Å². The molecule has 0 unspecified atom stereocenters. The lowest BCUT2D eigenvalue weighted by atomic mass is 10.1. The number of carbonyl (C=O) groups is 3. The molecule has 2 amide bonds. The minimum absolute atomic E-state index is 0.135. The van der Waals surface area contributed by atoms with Crippen molar-refractivity contribution in [3.63, 3.8) is 0 Å². The van der Waals surface area contributed by atoms with E-state index in [9.17, 15) is 24.5 Å². The van der Waals surface area contributed by atoms with Crippen molar-refractivity contribution >= 4 is 51.0 Å². The summed E-state index contributed by atoms with van der Waals surface area (Å²) in [6.07, 6.45) is 1.34. The Morgan fingerprint density at radius 2 is 1.70 bits per heavy atom. The van der Waals surface area contributed by atoms with Crippen LogP contribution < -0.4 is 10.6 Å². The number of carbonyl (C=O) groups excluding carboxylic acids is 3. The molecule has 2 N–H and O–H groups in total. The van der Waals surface area contributed by atoms with E-state index in [-0.39, 0.29) is 17.2 Å². The number of amides is 2. The molecule has 3 aromatic rings. The van der Waals surface area contributed by atoms with Crippen molar-refractivity contribution < 1.29 is 19.3 Å². The molecule has 0 atom stereocenters. The van der Waals surface area contributed by atoms with E-state index >= 15 is 0 Å². The summed E-state index contributed by atoms with van der Waals surface area (Å²) in [7, 11) is 0. The molecule has 33 heavy (non-hydrogen) atoms. The fourth-order valence-corrected chi connectivity index (χ4v) is 3.37. The lowest BCUT2D eigenvalue weighted by molar-refractivity contribution is -0.384. The molecule has 3 aromatic carbocycles. The van der Waals surface area contributed by atoms with Gasteiger partial charge >= 0.3 is 0 Å². The van der Waals surface area contributed by atoms with Crippen LogP contribution in [0.4, 0.5) is 11.4 Å². The second-order valence-corrected chi connectivity index (χ2v) is 7.79. The summed E-state index contributed by atoms with van der Waals surface area (Å²) in [5.41, 5.74) is 1.12. The van der Waals surface area contributed by atoms with E-state index in [0.29, 0.717) is 26.9 Å². The van der Waals surface area contributed by atoms with Gasteiger partial charge in [-0.1, -0.05) is 36.4 Å². The summed E-state index contributed by atoms with van der Waals surface area (Å²) in [6.45, 7) is 1.41. The van der Waals surface area contributed by atoms with Crippen LogP contribution in [0.5, 0.6) is 0 Å². The molecule has 0 radical (unpaired) electrons. The number of nitrogens with zero attached hydrogens (tertiary/aromatic N) is 1. The molecule has 0 aliphatic carbocycles. The largest absolute Gasteiger partial charge is 0.321 e. The van der Waals surface area contributed by atoms with Gasteiger partial charge in [0.05, 0.1) is 10.5 Å². The summed E-state index contributed by atoms with van der Waals surface area (Å²) < 4.78 is 0.534. The van der Waals surface area contributed by atoms with Crippen LogP contribution >= 0.6 is 15.9 Å². The Morgan fingerprint density at radius 3 is 2.39 bits per heavy atom. The second kappa shape index (κ2) is 10.5. The van der Waals surface area contributed by atoms with Gasteiger partial charge in [0.2, 0.25) is 0 Å². The van der Waals surface area contributed by atoms with Gasteiger partial charge in [-0.25, -0.2) is 0 Å². The van der Waals surface area contributed by atoms with E-state index in [0.717, 1.165) is 0 Å². The molecule has 3 rings (SSSR count). The van der Waals surface area contributed by atoms with Crippen molar-refractivity contribution in [2.45, 2.75) is 6.92 Å². The zero-order chi connectivity index (χ0) is 24.0. The fraction of sp³-hybridized carbons (Fsp3) is 0.0417. The average Bonchev–Trinajstić information content (AvgIpc) is 2.79. The van der Waals surface area contributed by atoms with Crippen molar-refractivity contribution in [2.24, 2.45) is 0 Å². The van der Waals surface area contributed by atoms with Gasteiger partial charge in [0.1, 0.15) is 5.70 Å². The van der Waals surface area contributed by atoms with Crippen LogP contribution in [0.3, 0.4) is 0 Å². The Balaban J connectivity index is 1.96. The van der Waals surface area contributed by atoms with Crippen LogP contribution in [0, 0.1) is 10.1 Å². The van der Waals surface area contributed by atoms with Gasteiger partial charge in [-0.2, -0.15) is 0 Å². The molecule has 0 aliphatic heterocycles. The molecule has 0 aromatic heterocycles. The Morgan fingerprint density at radius 1 is 0.970 bits per heavy atom. The fourth-order valence-electron chi connectivity index (χ4n) is 2.90. The summed E-state index contributed by atoms with van der Waals surface area (Å²) in [6, 6.07) is 18.7. The molecule has 0 saturated carbocycles. The Bertz CT molecular complexity index is 1290. The molecule has 166 valence electrons. The lowest BCUT2D eigenvalue weighted by Gasteiger charge is -2.12. The number of ketones is 1. The van der Waals surface area contributed by atoms with E-state index in [2.05, 4.69) is 26.6 Å². The van der Waals surface area contributed by atoms with Crippen LogP contribution in [0.15, 0.2) is 83.0 Å². The monoisotopic (exact) mass is 507 g/mol. The number of nitro groups is 1. The Hall–Kier alpha value is -4.11. The number of hydrogen-bond acceptors (Lipinski definition) is 5. The predicted octanol–water partition coefficient (Wildman–Crippen LogP) is 4.97. The third-order valence-corrected chi connectivity index (χ3v) is 5.22. The number of benzene rings is 3. The maximum Gasteiger partial charge on any atom is 0.272 e. The molecule has 9 heteroatoms. The zero-order valence-corrected chi connectivity index (χ0v) is 19.0. The predicted molar refractivity (Wildman–Crippen MR) is 128 cm³/mol. The van der Waals surface area contributed by atoms with Crippen LogP contribution in [-0.4, -0.2) is 22.5 Å². The van der Waals surface area contributed by atoms with Crippen molar-refractivity contribution in [1.29, 1.82) is 0 Å². The summed E-state index contributed by atoms with van der Waals surface area (Å²) >= 11 is 3.30. The topological polar surface area (TPSA) is 118 Å². The number of nitro benzene ring substituents is 1. The van der Waals surface area contributed by atoms with Crippen LogP contribution in [0.25, 0.3) is 6.08 Å². The number of halogens is 1. The summed E-state index contributed by atoms with van der Waals surface area (Å²) in [5.74, 6) is -1.38. The average molecular weight is 508 g/mol. The van der Waals surface area contributed by atoms with Crippen LogP contribution in [0.1, 0.15) is 33.2 Å². The minimum atomic E-state index is -0.664. The van der Waals surface area contributed by atoms with E-state index in [1.165, 1.54) is 37.3 Å². The highest BCUT2D eigenvalue weighted by Crippen LogP contribution is 2.19. The van der Waals surface area contributed by atoms with Gasteiger partial charge in [-0.3, -0.25) is 24.5 Å². The van der Waals surface area contributed by atoms with Gasteiger partial charge in [0, 0.05) is 27.9 Å². The normalized spacial score (nSPS) is 10.9. The van der Waals surface area contributed by atoms with Crippen LogP contribution in [0.2, 0.25) is 0 Å². The standard InChI is InChI=1S/C24H18BrN3O5/c1-15(29)17-7-5-8-18(14-17)26-24(31)22(13-16-6-4-9-19(12-16)28(32)33)27-23(30)20-10-2-3-11-21(20)25/h2-14H,1H3,(H,26,31)(H,27,30)/b22-13-. The third kappa shape index (κ3) is 6.20. The lowest BCUT2D eigenvalue weighted by Crippen LogP contribution is -2.31. The minimum Gasteiger partial charge on any atom is -0.321 e. The van der Waals surface area contributed by atoms with Gasteiger partial charge < -0.3 is 10.6 Å². The first-order valence-corrected chi connectivity index (χ1v) is 10.5. The summed E-state index contributed by atoms with van der Waals surface area (Å²) in [5, 5.41) is 16.3. The van der Waals surface area contributed by atoms with Gasteiger partial charge in [-0.15, -0.1) is 0 Å². The van der Waals surface area contributed by atoms with Gasteiger partial charge in [0.25, 0.3) is 17.5 Å². The number of nitrogens with one attached hydrogen (secondary N) is 2. The highest BCUT2D eigenvalue weighted by molar-refractivity contribution is 9.10. The van der Waals surface area contributed by atoms with Crippen molar-refractivity contribution in [3.05, 3.63) is 110 Å². The molecule has 8 nitrogen and oxygen atoms in total. The van der Waals surface area contributed by atoms with Crippen molar-refractivity contribution in [1.82, 2.24) is 5.32 Å². The second-order valence-electron chi connectivity index (χ2n) is 6.94. The van der Waals surface area contributed by atoms with E-state index in [1.54, 1.807) is 48.5 Å². The van der Waals surface area contributed by atoms with Gasteiger partial charge in [-0.05, 0) is 58.8 Å². The quantitative estimate of drug-likeness (QED) is 0.202. The molecule has 0 bridgehead atoms. The molecular formula is C24H18BrN3O5. The highest BCUT2D eigenvalue weighted by atomic mass is 79.9. The van der Waals surface area contributed by atoms with Gasteiger partial charge in [0.15, 0.2) is 5.78 Å². The molecular weight excluding hydrogens is 490 g/mol. The molecule has 0 heterocycles. The first-order chi connectivity index (χ1) is 15.7. The highest BCUT2D eigenvalue weighted by Gasteiger charge is 2.17. The number of anilines is 1. The maximum absolute atomic E-state index is 13.0. The molecule has 0 aliphatic rings. The Kier molecular flexibility index (Phi) is 7.47. The maximum atomic E-state index is 13.0. The third-order valence-electron chi connectivity index (χ3n) is 4.53. The SMILES string of the molecule is CC(=O)c1cccc(NC(=O)/C(=C/c2cccc([N+](=O)[O-])c2)NC(=O)c2ccccc2Br)c1. The van der Waals surface area contributed by atoms with Crippen molar-refractivity contribution in [2.75, 3.05) is 5.32 Å². The van der Waals surface area contributed by atoms with E-state index < -0.39 is 16.7 Å². The first kappa shape index (κ1) is 23.6. The smallest absolute Gasteiger partial charge is 0.272 e.